The molecule has 0 amide bonds. The molecule has 4 heteroatoms. The highest BCUT2D eigenvalue weighted by molar-refractivity contribution is 4.90. The second kappa shape index (κ2) is 4.61. The Balaban J connectivity index is 1.47. The van der Waals surface area contributed by atoms with Gasteiger partial charge in [0, 0.05) is 19.4 Å². The monoisotopic (exact) mass is 228 g/mol. The van der Waals surface area contributed by atoms with Crippen LogP contribution < -0.4 is 0 Å². The average molecular weight is 228 g/mol. The van der Waals surface area contributed by atoms with E-state index in [1.54, 1.807) is 0 Å². The van der Waals surface area contributed by atoms with Crippen LogP contribution in [-0.4, -0.2) is 36.5 Å². The van der Waals surface area contributed by atoms with Crippen LogP contribution in [0.1, 0.15) is 38.5 Å². The van der Waals surface area contributed by atoms with Gasteiger partial charge in [-0.1, -0.05) is 0 Å². The van der Waals surface area contributed by atoms with Crippen LogP contribution in [0, 0.1) is 5.92 Å². The lowest BCUT2D eigenvalue weighted by atomic mass is 10.0. The van der Waals surface area contributed by atoms with E-state index in [4.69, 9.17) is 14.2 Å². The molecule has 4 nitrogen and oxygen atoms in total. The summed E-state index contributed by atoms with van der Waals surface area (Å²) in [6.45, 7) is 0.833. The zero-order chi connectivity index (χ0) is 11.0. The van der Waals surface area contributed by atoms with Gasteiger partial charge in [-0.25, -0.2) is 0 Å². The average Bonchev–Trinajstić information content (AvgIpc) is 2.76. The lowest BCUT2D eigenvalue weighted by Crippen LogP contribution is -2.27. The SMILES string of the molecule is OC1C[C@@H]2C[C@@H](OC3CCCCO3)C[C@@H]2O1. The molecule has 0 aromatic rings. The van der Waals surface area contributed by atoms with Crippen molar-refractivity contribution >= 4 is 0 Å². The zero-order valence-corrected chi connectivity index (χ0v) is 9.51. The Morgan fingerprint density at radius 2 is 2.06 bits per heavy atom. The highest BCUT2D eigenvalue weighted by Gasteiger charge is 2.43. The maximum absolute atomic E-state index is 9.35. The van der Waals surface area contributed by atoms with E-state index in [2.05, 4.69) is 0 Å². The third kappa shape index (κ3) is 2.25. The topological polar surface area (TPSA) is 47.9 Å². The van der Waals surface area contributed by atoms with Crippen molar-refractivity contribution in [2.24, 2.45) is 5.92 Å². The quantitative estimate of drug-likeness (QED) is 0.776. The van der Waals surface area contributed by atoms with Gasteiger partial charge >= 0.3 is 0 Å². The third-order valence-corrected chi connectivity index (χ3v) is 3.91. The van der Waals surface area contributed by atoms with Crippen molar-refractivity contribution in [2.45, 2.75) is 63.3 Å². The van der Waals surface area contributed by atoms with E-state index >= 15 is 0 Å². The fourth-order valence-corrected chi connectivity index (χ4v) is 3.11. The molecule has 0 radical (unpaired) electrons. The standard InChI is InChI=1S/C12H20O4/c13-11-6-8-5-9(7-10(8)16-11)15-12-3-1-2-4-14-12/h8-13H,1-7H2/t8-,9+,10-,11?,12?/m0/s1. The molecule has 1 saturated carbocycles. The minimum absolute atomic E-state index is 0.00231. The van der Waals surface area contributed by atoms with Gasteiger partial charge in [0.05, 0.1) is 12.2 Å². The summed E-state index contributed by atoms with van der Waals surface area (Å²) in [7, 11) is 0. The molecule has 5 atom stereocenters. The Bertz CT molecular complexity index is 225. The van der Waals surface area contributed by atoms with E-state index in [0.717, 1.165) is 38.7 Å². The van der Waals surface area contributed by atoms with Crippen molar-refractivity contribution in [3.63, 3.8) is 0 Å². The van der Waals surface area contributed by atoms with E-state index < -0.39 is 6.29 Å². The molecule has 1 N–H and O–H groups in total. The van der Waals surface area contributed by atoms with E-state index in [9.17, 15) is 5.11 Å². The molecular formula is C12H20O4. The molecule has 92 valence electrons. The van der Waals surface area contributed by atoms with E-state index in [0.29, 0.717) is 5.92 Å². The van der Waals surface area contributed by atoms with Gasteiger partial charge in [0.1, 0.15) is 0 Å². The van der Waals surface area contributed by atoms with Gasteiger partial charge in [-0.3, -0.25) is 0 Å². The zero-order valence-electron chi connectivity index (χ0n) is 9.51. The minimum Gasteiger partial charge on any atom is -0.368 e. The fourth-order valence-electron chi connectivity index (χ4n) is 3.11. The first kappa shape index (κ1) is 11.0. The number of hydrogen-bond acceptors (Lipinski definition) is 4. The van der Waals surface area contributed by atoms with E-state index in [-0.39, 0.29) is 18.5 Å². The Labute approximate surface area is 95.9 Å². The van der Waals surface area contributed by atoms with Gasteiger partial charge in [0.25, 0.3) is 0 Å². The van der Waals surface area contributed by atoms with Crippen LogP contribution in [0.5, 0.6) is 0 Å². The van der Waals surface area contributed by atoms with Crippen molar-refractivity contribution in [1.29, 1.82) is 0 Å². The lowest BCUT2D eigenvalue weighted by Gasteiger charge is -2.26. The second-order valence-corrected chi connectivity index (χ2v) is 5.15. The van der Waals surface area contributed by atoms with Crippen LogP contribution in [0.25, 0.3) is 0 Å². The van der Waals surface area contributed by atoms with Gasteiger partial charge in [0.15, 0.2) is 12.6 Å². The predicted molar refractivity (Wildman–Crippen MR) is 56.7 cm³/mol. The molecule has 2 unspecified atom stereocenters. The fraction of sp³-hybridized carbons (Fsp3) is 1.00. The molecule has 1 aliphatic carbocycles. The van der Waals surface area contributed by atoms with Crippen molar-refractivity contribution in [2.75, 3.05) is 6.61 Å². The largest absolute Gasteiger partial charge is 0.368 e. The first-order valence-corrected chi connectivity index (χ1v) is 6.42. The number of ether oxygens (including phenoxy) is 3. The molecule has 0 aromatic heterocycles. The van der Waals surface area contributed by atoms with E-state index in [1.165, 1.54) is 6.42 Å². The van der Waals surface area contributed by atoms with Crippen LogP contribution in [0.15, 0.2) is 0 Å². The van der Waals surface area contributed by atoms with Crippen LogP contribution in [0.4, 0.5) is 0 Å². The maximum atomic E-state index is 9.35. The Hall–Kier alpha value is -0.160. The highest BCUT2D eigenvalue weighted by atomic mass is 16.7. The normalized spacial score (nSPS) is 48.2. The molecule has 0 bridgehead atoms. The van der Waals surface area contributed by atoms with Crippen molar-refractivity contribution in [3.05, 3.63) is 0 Å². The lowest BCUT2D eigenvalue weighted by molar-refractivity contribution is -0.191. The number of fused-ring (bicyclic) bond motifs is 1. The molecular weight excluding hydrogens is 208 g/mol. The maximum Gasteiger partial charge on any atom is 0.157 e. The van der Waals surface area contributed by atoms with Gasteiger partial charge in [-0.2, -0.15) is 0 Å². The number of hydrogen-bond donors (Lipinski definition) is 1. The molecule has 3 rings (SSSR count). The van der Waals surface area contributed by atoms with Gasteiger partial charge < -0.3 is 19.3 Å². The summed E-state index contributed by atoms with van der Waals surface area (Å²) in [5.74, 6) is 0.489. The third-order valence-electron chi connectivity index (χ3n) is 3.91. The molecule has 0 aromatic carbocycles. The molecule has 3 aliphatic rings. The summed E-state index contributed by atoms with van der Waals surface area (Å²) >= 11 is 0. The summed E-state index contributed by atoms with van der Waals surface area (Å²) in [5, 5.41) is 9.35. The van der Waals surface area contributed by atoms with Crippen molar-refractivity contribution in [1.82, 2.24) is 0 Å². The summed E-state index contributed by atoms with van der Waals surface area (Å²) in [6.07, 6.45) is 6.04. The molecule has 2 aliphatic heterocycles. The Morgan fingerprint density at radius 1 is 1.12 bits per heavy atom. The Kier molecular flexibility index (Phi) is 3.16. The first-order valence-electron chi connectivity index (χ1n) is 6.42. The van der Waals surface area contributed by atoms with Crippen LogP contribution in [0.3, 0.4) is 0 Å². The molecule has 2 heterocycles. The molecule has 16 heavy (non-hydrogen) atoms. The van der Waals surface area contributed by atoms with Crippen LogP contribution >= 0.6 is 0 Å². The minimum atomic E-state index is -0.540. The number of aliphatic hydroxyl groups is 1. The van der Waals surface area contributed by atoms with E-state index in [1.807, 2.05) is 0 Å². The smallest absolute Gasteiger partial charge is 0.157 e. The summed E-state index contributed by atoms with van der Waals surface area (Å²) in [5.41, 5.74) is 0. The van der Waals surface area contributed by atoms with Crippen molar-refractivity contribution in [3.8, 4) is 0 Å². The summed E-state index contributed by atoms with van der Waals surface area (Å²) in [4.78, 5) is 0. The van der Waals surface area contributed by atoms with Crippen LogP contribution in [-0.2, 0) is 14.2 Å². The predicted octanol–water partition coefficient (Wildman–Crippen LogP) is 1.42. The van der Waals surface area contributed by atoms with Crippen LogP contribution in [0.2, 0.25) is 0 Å². The number of rotatable bonds is 2. The van der Waals surface area contributed by atoms with Gasteiger partial charge in [0.2, 0.25) is 0 Å². The highest BCUT2D eigenvalue weighted by Crippen LogP contribution is 2.40. The Morgan fingerprint density at radius 3 is 2.81 bits per heavy atom. The second-order valence-electron chi connectivity index (χ2n) is 5.15. The summed E-state index contributed by atoms with van der Waals surface area (Å²) in [6, 6.07) is 0. The summed E-state index contributed by atoms with van der Waals surface area (Å²) < 4.78 is 17.0. The molecule has 0 spiro atoms. The number of aliphatic hydroxyl groups excluding tert-OH is 1. The molecule has 3 fully saturated rings. The van der Waals surface area contributed by atoms with Gasteiger partial charge in [-0.15, -0.1) is 0 Å². The van der Waals surface area contributed by atoms with Crippen molar-refractivity contribution < 1.29 is 19.3 Å². The first-order chi connectivity index (χ1) is 7.81. The molecule has 2 saturated heterocycles. The van der Waals surface area contributed by atoms with Gasteiger partial charge in [-0.05, 0) is 31.6 Å².